The SMILES string of the molecule is CNC(c1cncnc1)C(C(F)(F)F)C(F)(F)F. The molecule has 0 radical (unpaired) electrons. The van der Waals surface area contributed by atoms with E-state index >= 15 is 0 Å². The molecule has 1 aromatic heterocycles. The van der Waals surface area contributed by atoms with Crippen LogP contribution in [0.5, 0.6) is 0 Å². The van der Waals surface area contributed by atoms with Crippen molar-refractivity contribution < 1.29 is 26.3 Å². The van der Waals surface area contributed by atoms with Crippen molar-refractivity contribution in [3.05, 3.63) is 24.3 Å². The zero-order valence-electron chi connectivity index (χ0n) is 9.05. The normalized spacial score (nSPS) is 14.9. The second-order valence-corrected chi connectivity index (χ2v) is 3.50. The highest BCUT2D eigenvalue weighted by Crippen LogP contribution is 2.45. The van der Waals surface area contributed by atoms with Gasteiger partial charge in [0.2, 0.25) is 0 Å². The topological polar surface area (TPSA) is 37.8 Å². The standard InChI is InChI=1S/C9H9F6N3/c1-16-6(5-2-17-4-18-3-5)7(8(10,11)12)9(13,14)15/h2-4,6-7,16H,1H3. The van der Waals surface area contributed by atoms with Gasteiger partial charge in [0.1, 0.15) is 6.33 Å². The van der Waals surface area contributed by atoms with Gasteiger partial charge in [0.25, 0.3) is 0 Å². The average Bonchev–Trinajstić information content (AvgIpc) is 2.23. The first-order valence-corrected chi connectivity index (χ1v) is 4.73. The third-order valence-corrected chi connectivity index (χ3v) is 2.29. The Kier molecular flexibility index (Phi) is 4.15. The molecule has 0 spiro atoms. The van der Waals surface area contributed by atoms with Gasteiger partial charge in [-0.2, -0.15) is 26.3 Å². The minimum Gasteiger partial charge on any atom is -0.312 e. The van der Waals surface area contributed by atoms with Crippen LogP contribution in [0.4, 0.5) is 26.3 Å². The molecule has 1 aromatic rings. The summed E-state index contributed by atoms with van der Waals surface area (Å²) >= 11 is 0. The second kappa shape index (κ2) is 5.09. The fraction of sp³-hybridized carbons (Fsp3) is 0.556. The maximum atomic E-state index is 12.5. The maximum Gasteiger partial charge on any atom is 0.402 e. The summed E-state index contributed by atoms with van der Waals surface area (Å²) in [6.45, 7) is 0. The molecule has 0 fully saturated rings. The lowest BCUT2D eigenvalue weighted by Gasteiger charge is -2.30. The van der Waals surface area contributed by atoms with E-state index in [4.69, 9.17) is 0 Å². The molecule has 1 unspecified atom stereocenters. The Morgan fingerprint density at radius 2 is 1.44 bits per heavy atom. The molecule has 1 rings (SSSR count). The lowest BCUT2D eigenvalue weighted by atomic mass is 9.93. The summed E-state index contributed by atoms with van der Waals surface area (Å²) in [6.07, 6.45) is -7.98. The Morgan fingerprint density at radius 3 is 1.78 bits per heavy atom. The van der Waals surface area contributed by atoms with E-state index in [0.717, 1.165) is 25.8 Å². The van der Waals surface area contributed by atoms with Crippen molar-refractivity contribution in [3.8, 4) is 0 Å². The van der Waals surface area contributed by atoms with E-state index in [0.29, 0.717) is 0 Å². The van der Waals surface area contributed by atoms with Crippen molar-refractivity contribution in [2.45, 2.75) is 18.4 Å². The van der Waals surface area contributed by atoms with Crippen LogP contribution in [-0.2, 0) is 0 Å². The van der Waals surface area contributed by atoms with E-state index in [-0.39, 0.29) is 5.56 Å². The van der Waals surface area contributed by atoms with Crippen molar-refractivity contribution in [1.82, 2.24) is 15.3 Å². The summed E-state index contributed by atoms with van der Waals surface area (Å²) < 4.78 is 75.2. The van der Waals surface area contributed by atoms with Gasteiger partial charge in [-0.3, -0.25) is 0 Å². The highest BCUT2D eigenvalue weighted by molar-refractivity contribution is 5.12. The van der Waals surface area contributed by atoms with E-state index < -0.39 is 24.3 Å². The summed E-state index contributed by atoms with van der Waals surface area (Å²) in [5.41, 5.74) is -0.278. The van der Waals surface area contributed by atoms with Gasteiger partial charge in [0, 0.05) is 18.0 Å². The van der Waals surface area contributed by atoms with Crippen LogP contribution in [0.15, 0.2) is 18.7 Å². The summed E-state index contributed by atoms with van der Waals surface area (Å²) in [6, 6.07) is -1.98. The van der Waals surface area contributed by atoms with Crippen LogP contribution < -0.4 is 5.32 Å². The van der Waals surface area contributed by atoms with Crippen LogP contribution in [-0.4, -0.2) is 29.4 Å². The van der Waals surface area contributed by atoms with Gasteiger partial charge in [-0.15, -0.1) is 0 Å². The number of halogens is 6. The quantitative estimate of drug-likeness (QED) is 0.860. The van der Waals surface area contributed by atoms with Gasteiger partial charge >= 0.3 is 12.4 Å². The Bertz CT molecular complexity index is 360. The van der Waals surface area contributed by atoms with Gasteiger partial charge < -0.3 is 5.32 Å². The smallest absolute Gasteiger partial charge is 0.312 e. The molecule has 0 amide bonds. The van der Waals surface area contributed by atoms with Crippen LogP contribution in [0.25, 0.3) is 0 Å². The van der Waals surface area contributed by atoms with Crippen molar-refractivity contribution in [2.24, 2.45) is 5.92 Å². The minimum atomic E-state index is -5.41. The zero-order valence-corrected chi connectivity index (χ0v) is 9.05. The van der Waals surface area contributed by atoms with Crippen LogP contribution in [0.1, 0.15) is 11.6 Å². The second-order valence-electron chi connectivity index (χ2n) is 3.50. The molecule has 18 heavy (non-hydrogen) atoms. The molecule has 0 bridgehead atoms. The Labute approximate surface area is 98.2 Å². The molecule has 9 heteroatoms. The van der Waals surface area contributed by atoms with Crippen molar-refractivity contribution >= 4 is 0 Å². The van der Waals surface area contributed by atoms with Crippen molar-refractivity contribution in [3.63, 3.8) is 0 Å². The van der Waals surface area contributed by atoms with Crippen molar-refractivity contribution in [2.75, 3.05) is 7.05 Å². The molecule has 0 aliphatic rings. The molecule has 0 saturated heterocycles. The van der Waals surface area contributed by atoms with E-state index in [1.807, 2.05) is 5.32 Å². The summed E-state index contributed by atoms with van der Waals surface area (Å²) in [5.74, 6) is -3.51. The van der Waals surface area contributed by atoms with Gasteiger partial charge in [0.15, 0.2) is 5.92 Å². The van der Waals surface area contributed by atoms with Gasteiger partial charge in [-0.1, -0.05) is 0 Å². The Balaban J connectivity index is 3.19. The number of rotatable bonds is 3. The predicted molar refractivity (Wildman–Crippen MR) is 49.4 cm³/mol. The summed E-state index contributed by atoms with van der Waals surface area (Å²) in [4.78, 5) is 6.83. The third kappa shape index (κ3) is 3.31. The monoisotopic (exact) mass is 273 g/mol. The van der Waals surface area contributed by atoms with Crippen molar-refractivity contribution in [1.29, 1.82) is 0 Å². The molecule has 0 aromatic carbocycles. The molecule has 1 N–H and O–H groups in total. The highest BCUT2D eigenvalue weighted by Gasteiger charge is 2.60. The number of aromatic nitrogens is 2. The molecule has 102 valence electrons. The zero-order chi connectivity index (χ0) is 14.0. The van der Waals surface area contributed by atoms with E-state index in [2.05, 4.69) is 9.97 Å². The number of hydrogen-bond donors (Lipinski definition) is 1. The highest BCUT2D eigenvalue weighted by atomic mass is 19.4. The van der Waals surface area contributed by atoms with Crippen LogP contribution >= 0.6 is 0 Å². The van der Waals surface area contributed by atoms with Crippen LogP contribution in [0, 0.1) is 5.92 Å². The number of nitrogens with zero attached hydrogens (tertiary/aromatic N) is 2. The van der Waals surface area contributed by atoms with E-state index in [1.165, 1.54) is 0 Å². The van der Waals surface area contributed by atoms with Gasteiger partial charge in [-0.25, -0.2) is 9.97 Å². The van der Waals surface area contributed by atoms with Gasteiger partial charge in [0.05, 0.1) is 6.04 Å². The molecular weight excluding hydrogens is 264 g/mol. The largest absolute Gasteiger partial charge is 0.402 e. The first-order chi connectivity index (χ1) is 8.18. The third-order valence-electron chi connectivity index (χ3n) is 2.29. The minimum absolute atomic E-state index is 0.278. The Hall–Kier alpha value is -1.38. The lowest BCUT2D eigenvalue weighted by Crippen LogP contribution is -2.45. The van der Waals surface area contributed by atoms with Gasteiger partial charge in [-0.05, 0) is 7.05 Å². The van der Waals surface area contributed by atoms with E-state index in [9.17, 15) is 26.3 Å². The summed E-state index contributed by atoms with van der Waals surface area (Å²) in [5, 5.41) is 2.01. The number of alkyl halides is 6. The summed E-state index contributed by atoms with van der Waals surface area (Å²) in [7, 11) is 1.02. The first kappa shape index (κ1) is 14.7. The average molecular weight is 273 g/mol. The molecule has 0 aliphatic heterocycles. The maximum absolute atomic E-state index is 12.5. The number of hydrogen-bond acceptors (Lipinski definition) is 3. The molecule has 1 heterocycles. The van der Waals surface area contributed by atoms with E-state index in [1.54, 1.807) is 0 Å². The first-order valence-electron chi connectivity index (χ1n) is 4.73. The number of nitrogens with one attached hydrogen (secondary N) is 1. The van der Waals surface area contributed by atoms with Crippen LogP contribution in [0.2, 0.25) is 0 Å². The van der Waals surface area contributed by atoms with Crippen LogP contribution in [0.3, 0.4) is 0 Å². The molecule has 3 nitrogen and oxygen atoms in total. The molecular formula is C9H9F6N3. The fourth-order valence-electron chi connectivity index (χ4n) is 1.56. The molecule has 0 aliphatic carbocycles. The lowest BCUT2D eigenvalue weighted by molar-refractivity contribution is -0.292. The fourth-order valence-corrected chi connectivity index (χ4v) is 1.56. The Morgan fingerprint density at radius 1 is 1.00 bits per heavy atom. The molecule has 1 atom stereocenters. The molecule has 0 saturated carbocycles. The predicted octanol–water partition coefficient (Wildman–Crippen LogP) is 2.48.